The van der Waals surface area contributed by atoms with E-state index >= 15 is 0 Å². The summed E-state index contributed by atoms with van der Waals surface area (Å²) < 4.78 is 1.15. The maximum absolute atomic E-state index is 3.58. The van der Waals surface area contributed by atoms with Crippen molar-refractivity contribution in [3.8, 4) is 0 Å². The van der Waals surface area contributed by atoms with Crippen LogP contribution in [0, 0.1) is 5.92 Å². The number of rotatable bonds is 6. The predicted molar refractivity (Wildman–Crippen MR) is 75.1 cm³/mol. The summed E-state index contributed by atoms with van der Waals surface area (Å²) in [5, 5.41) is 3.58. The second-order valence-electron chi connectivity index (χ2n) is 4.55. The van der Waals surface area contributed by atoms with Crippen molar-refractivity contribution in [2.45, 2.75) is 30.7 Å². The van der Waals surface area contributed by atoms with Crippen LogP contribution in [0.3, 0.4) is 0 Å². The lowest BCUT2D eigenvalue weighted by Crippen LogP contribution is -2.24. The fraction of sp³-hybridized carbons (Fsp3) is 0.538. The Morgan fingerprint density at radius 2 is 2.06 bits per heavy atom. The van der Waals surface area contributed by atoms with E-state index in [2.05, 4.69) is 52.4 Å². The Bertz CT molecular complexity index is 321. The summed E-state index contributed by atoms with van der Waals surface area (Å²) >= 11 is 5.40. The molecule has 1 aliphatic rings. The summed E-state index contributed by atoms with van der Waals surface area (Å²) in [5.74, 6) is 1.94. The summed E-state index contributed by atoms with van der Waals surface area (Å²) in [6.07, 6.45) is 2.76. The van der Waals surface area contributed by atoms with E-state index in [1.807, 2.05) is 11.8 Å². The highest BCUT2D eigenvalue weighted by atomic mass is 79.9. The number of hydrogen-bond donors (Lipinski definition) is 1. The minimum Gasteiger partial charge on any atom is -0.314 e. The Morgan fingerprint density at radius 3 is 2.69 bits per heavy atom. The molecule has 1 nitrogen and oxygen atoms in total. The van der Waals surface area contributed by atoms with Crippen molar-refractivity contribution < 1.29 is 0 Å². The third-order valence-electron chi connectivity index (χ3n) is 2.68. The lowest BCUT2D eigenvalue weighted by molar-refractivity contribution is 0.557. The Balaban J connectivity index is 1.67. The van der Waals surface area contributed by atoms with E-state index in [-0.39, 0.29) is 0 Å². The highest BCUT2D eigenvalue weighted by Gasteiger charge is 2.20. The summed E-state index contributed by atoms with van der Waals surface area (Å²) in [6, 6.07) is 9.40. The summed E-state index contributed by atoms with van der Waals surface area (Å²) in [6.45, 7) is 3.48. The predicted octanol–water partition coefficient (Wildman–Crippen LogP) is 3.93. The maximum atomic E-state index is 3.58. The molecule has 0 saturated heterocycles. The van der Waals surface area contributed by atoms with Crippen LogP contribution in [0.25, 0.3) is 0 Å². The van der Waals surface area contributed by atoms with Crippen molar-refractivity contribution in [2.75, 3.05) is 12.3 Å². The molecule has 88 valence electrons. The van der Waals surface area contributed by atoms with E-state index in [1.54, 1.807) is 0 Å². The molecule has 0 heterocycles. The zero-order valence-corrected chi connectivity index (χ0v) is 12.0. The lowest BCUT2D eigenvalue weighted by atomic mass is 10.2. The van der Waals surface area contributed by atoms with Gasteiger partial charge in [0.05, 0.1) is 0 Å². The molecular weight excluding hydrogens is 282 g/mol. The molecule has 0 aliphatic heterocycles. The largest absolute Gasteiger partial charge is 0.314 e. The van der Waals surface area contributed by atoms with Gasteiger partial charge in [-0.1, -0.05) is 22.9 Å². The van der Waals surface area contributed by atoms with E-state index in [4.69, 9.17) is 0 Å². The Morgan fingerprint density at radius 1 is 1.38 bits per heavy atom. The zero-order valence-electron chi connectivity index (χ0n) is 9.58. The van der Waals surface area contributed by atoms with Crippen LogP contribution < -0.4 is 5.32 Å². The molecule has 1 atom stereocenters. The van der Waals surface area contributed by atoms with E-state index in [9.17, 15) is 0 Å². The molecule has 0 radical (unpaired) electrons. The van der Waals surface area contributed by atoms with Crippen LogP contribution in [0.4, 0.5) is 0 Å². The SMILES string of the molecule is CC(CNC1CC1)CSc1ccc(Br)cc1. The van der Waals surface area contributed by atoms with Crippen LogP contribution in [0.15, 0.2) is 33.6 Å². The molecule has 1 N–H and O–H groups in total. The van der Waals surface area contributed by atoms with Gasteiger partial charge in [-0.3, -0.25) is 0 Å². The van der Waals surface area contributed by atoms with Gasteiger partial charge in [0.2, 0.25) is 0 Å². The number of thioether (sulfide) groups is 1. The van der Waals surface area contributed by atoms with Crippen LogP contribution in [-0.2, 0) is 0 Å². The number of hydrogen-bond acceptors (Lipinski definition) is 2. The van der Waals surface area contributed by atoms with E-state index in [0.717, 1.165) is 23.0 Å². The van der Waals surface area contributed by atoms with Crippen molar-refractivity contribution >= 4 is 27.7 Å². The van der Waals surface area contributed by atoms with E-state index in [1.165, 1.54) is 23.5 Å². The van der Waals surface area contributed by atoms with Crippen molar-refractivity contribution in [3.63, 3.8) is 0 Å². The molecule has 2 rings (SSSR count). The molecule has 0 bridgehead atoms. The molecule has 0 amide bonds. The lowest BCUT2D eigenvalue weighted by Gasteiger charge is -2.11. The van der Waals surface area contributed by atoms with Gasteiger partial charge >= 0.3 is 0 Å². The fourth-order valence-corrected chi connectivity index (χ4v) is 2.67. The van der Waals surface area contributed by atoms with Crippen LogP contribution in [-0.4, -0.2) is 18.3 Å². The first-order valence-electron chi connectivity index (χ1n) is 5.86. The second kappa shape index (κ2) is 6.08. The normalized spacial score (nSPS) is 17.4. The molecule has 3 heteroatoms. The third kappa shape index (κ3) is 4.48. The van der Waals surface area contributed by atoms with Crippen molar-refractivity contribution in [1.29, 1.82) is 0 Å². The van der Waals surface area contributed by atoms with Gasteiger partial charge in [-0.15, -0.1) is 11.8 Å². The molecule has 1 aromatic rings. The quantitative estimate of drug-likeness (QED) is 0.799. The Labute approximate surface area is 111 Å². The summed E-state index contributed by atoms with van der Waals surface area (Å²) in [7, 11) is 0. The average Bonchev–Trinajstić information content (AvgIpc) is 3.09. The minimum atomic E-state index is 0.745. The van der Waals surface area contributed by atoms with Gasteiger partial charge in [0.15, 0.2) is 0 Å². The van der Waals surface area contributed by atoms with Crippen LogP contribution in [0.5, 0.6) is 0 Å². The molecule has 1 aromatic carbocycles. The highest BCUT2D eigenvalue weighted by Crippen LogP contribution is 2.23. The first kappa shape index (κ1) is 12.5. The highest BCUT2D eigenvalue weighted by molar-refractivity contribution is 9.10. The number of nitrogens with one attached hydrogen (secondary N) is 1. The second-order valence-corrected chi connectivity index (χ2v) is 6.56. The van der Waals surface area contributed by atoms with Crippen LogP contribution in [0.1, 0.15) is 19.8 Å². The zero-order chi connectivity index (χ0) is 11.4. The van der Waals surface area contributed by atoms with Crippen molar-refractivity contribution in [1.82, 2.24) is 5.32 Å². The minimum absolute atomic E-state index is 0.745. The summed E-state index contributed by atoms with van der Waals surface area (Å²) in [4.78, 5) is 1.36. The van der Waals surface area contributed by atoms with Crippen molar-refractivity contribution in [2.24, 2.45) is 5.92 Å². The first-order valence-corrected chi connectivity index (χ1v) is 7.63. The van der Waals surface area contributed by atoms with Crippen LogP contribution in [0.2, 0.25) is 0 Å². The Hall–Kier alpha value is 0.01000. The Kier molecular flexibility index (Phi) is 4.74. The number of halogens is 1. The first-order chi connectivity index (χ1) is 7.74. The molecule has 0 spiro atoms. The van der Waals surface area contributed by atoms with Crippen LogP contribution >= 0.6 is 27.7 Å². The molecule has 1 saturated carbocycles. The van der Waals surface area contributed by atoms with Gasteiger partial charge in [-0.05, 0) is 49.6 Å². The smallest absolute Gasteiger partial charge is 0.0176 e. The fourth-order valence-electron chi connectivity index (χ4n) is 1.48. The standard InChI is InChI=1S/C13H18BrNS/c1-10(8-15-12-4-5-12)9-16-13-6-2-11(14)3-7-13/h2-3,6-7,10,12,15H,4-5,8-9H2,1H3. The summed E-state index contributed by atoms with van der Waals surface area (Å²) in [5.41, 5.74) is 0. The molecular formula is C13H18BrNS. The van der Waals surface area contributed by atoms with Gasteiger partial charge in [0.25, 0.3) is 0 Å². The van der Waals surface area contributed by atoms with Gasteiger partial charge < -0.3 is 5.32 Å². The number of benzene rings is 1. The monoisotopic (exact) mass is 299 g/mol. The molecule has 1 fully saturated rings. The van der Waals surface area contributed by atoms with E-state index < -0.39 is 0 Å². The maximum Gasteiger partial charge on any atom is 0.0176 e. The van der Waals surface area contributed by atoms with Gasteiger partial charge in [-0.25, -0.2) is 0 Å². The van der Waals surface area contributed by atoms with Crippen molar-refractivity contribution in [3.05, 3.63) is 28.7 Å². The van der Waals surface area contributed by atoms with Gasteiger partial charge in [0, 0.05) is 21.2 Å². The average molecular weight is 300 g/mol. The molecule has 1 aliphatic carbocycles. The van der Waals surface area contributed by atoms with Gasteiger partial charge in [0.1, 0.15) is 0 Å². The third-order valence-corrected chi connectivity index (χ3v) is 4.55. The molecule has 0 aromatic heterocycles. The molecule has 16 heavy (non-hydrogen) atoms. The molecule has 1 unspecified atom stereocenters. The van der Waals surface area contributed by atoms with Gasteiger partial charge in [-0.2, -0.15) is 0 Å². The topological polar surface area (TPSA) is 12.0 Å². The van der Waals surface area contributed by atoms with E-state index in [0.29, 0.717) is 0 Å².